The molecule has 0 radical (unpaired) electrons. The molecule has 0 heterocycles. The Hall–Kier alpha value is -1.66. The standard InChI is InChI=1S/C17H26N2O5/c1-9(20)10-3-4-11-12(15(10)16(18)21)7-8-17(2)13(11)5-6-14(17)24-19(22)23/h10-15H,3-8H2,1-2H3,(H2,18,21)/t10-,11?,12?,13?,14?,15-,17?/m0/s1. The molecule has 2 N–H and O–H groups in total. The number of nitrogens with zero attached hydrogens (tertiary/aromatic N) is 1. The summed E-state index contributed by atoms with van der Waals surface area (Å²) in [5.74, 6) is -0.247. The fourth-order valence-electron chi connectivity index (χ4n) is 6.12. The summed E-state index contributed by atoms with van der Waals surface area (Å²) >= 11 is 0. The number of hydrogen-bond donors (Lipinski definition) is 1. The lowest BCUT2D eigenvalue weighted by Gasteiger charge is -2.53. The fourth-order valence-corrected chi connectivity index (χ4v) is 6.12. The number of amides is 1. The van der Waals surface area contributed by atoms with Crippen molar-refractivity contribution in [3.05, 3.63) is 10.1 Å². The molecule has 1 amide bonds. The van der Waals surface area contributed by atoms with E-state index >= 15 is 0 Å². The molecule has 3 fully saturated rings. The van der Waals surface area contributed by atoms with Crippen molar-refractivity contribution in [1.29, 1.82) is 0 Å². The third-order valence-electron chi connectivity index (χ3n) is 7.18. The molecule has 0 aromatic rings. The zero-order chi connectivity index (χ0) is 17.6. The van der Waals surface area contributed by atoms with Gasteiger partial charge in [-0.05, 0) is 68.6 Å². The Kier molecular flexibility index (Phi) is 4.30. The van der Waals surface area contributed by atoms with Gasteiger partial charge in [-0.3, -0.25) is 9.59 Å². The van der Waals surface area contributed by atoms with Gasteiger partial charge in [0.1, 0.15) is 11.9 Å². The summed E-state index contributed by atoms with van der Waals surface area (Å²) < 4.78 is 0. The van der Waals surface area contributed by atoms with Crippen molar-refractivity contribution < 1.29 is 19.5 Å². The number of primary amides is 1. The van der Waals surface area contributed by atoms with Crippen LogP contribution in [0.2, 0.25) is 0 Å². The zero-order valence-corrected chi connectivity index (χ0v) is 14.3. The van der Waals surface area contributed by atoms with Gasteiger partial charge < -0.3 is 10.6 Å². The molecule has 7 atom stereocenters. The molecule has 3 rings (SSSR count). The highest BCUT2D eigenvalue weighted by atomic mass is 17.0. The van der Waals surface area contributed by atoms with Crippen molar-refractivity contribution in [2.24, 2.45) is 40.7 Å². The van der Waals surface area contributed by atoms with E-state index in [0.29, 0.717) is 24.7 Å². The lowest BCUT2D eigenvalue weighted by Crippen LogP contribution is -2.52. The molecular formula is C17H26N2O5. The van der Waals surface area contributed by atoms with E-state index in [1.807, 2.05) is 0 Å². The Balaban J connectivity index is 1.85. The first-order chi connectivity index (χ1) is 11.3. The normalized spacial score (nSPS) is 44.2. The van der Waals surface area contributed by atoms with Crippen LogP contribution in [0.5, 0.6) is 0 Å². The lowest BCUT2D eigenvalue weighted by atomic mass is 9.52. The van der Waals surface area contributed by atoms with Gasteiger partial charge in [-0.1, -0.05) is 6.92 Å². The van der Waals surface area contributed by atoms with Crippen LogP contribution >= 0.6 is 0 Å². The second-order valence-electron chi connectivity index (χ2n) is 8.10. The number of Topliss-reactive ketones (excluding diaryl/α,β-unsaturated/α-hetero) is 1. The third kappa shape index (κ3) is 2.58. The molecule has 3 saturated carbocycles. The van der Waals surface area contributed by atoms with Crippen LogP contribution in [0.4, 0.5) is 0 Å². The molecule has 0 bridgehead atoms. The summed E-state index contributed by atoms with van der Waals surface area (Å²) in [6, 6.07) is 0. The van der Waals surface area contributed by atoms with Gasteiger partial charge in [0.2, 0.25) is 5.91 Å². The fraction of sp³-hybridized carbons (Fsp3) is 0.882. The monoisotopic (exact) mass is 338 g/mol. The van der Waals surface area contributed by atoms with Crippen LogP contribution in [0.25, 0.3) is 0 Å². The van der Waals surface area contributed by atoms with Crippen LogP contribution in [-0.4, -0.2) is 22.9 Å². The number of nitrogens with two attached hydrogens (primary N) is 1. The average Bonchev–Trinajstić information content (AvgIpc) is 2.82. The SMILES string of the molecule is CC(=O)[C@@H]1CCC2C(CCC3(C)C(O[N+](=O)[O-])CCC23)[C@H]1C(N)=O. The van der Waals surface area contributed by atoms with E-state index in [2.05, 4.69) is 6.92 Å². The molecule has 3 aliphatic rings. The molecule has 0 aromatic carbocycles. The minimum absolute atomic E-state index is 0.0477. The van der Waals surface area contributed by atoms with Crippen LogP contribution in [0.3, 0.4) is 0 Å². The predicted octanol–water partition coefficient (Wildman–Crippen LogP) is 2.11. The smallest absolute Gasteiger partial charge is 0.294 e. The van der Waals surface area contributed by atoms with Crippen molar-refractivity contribution in [3.8, 4) is 0 Å². The predicted molar refractivity (Wildman–Crippen MR) is 85.0 cm³/mol. The summed E-state index contributed by atoms with van der Waals surface area (Å²) in [6.45, 7) is 3.63. The lowest BCUT2D eigenvalue weighted by molar-refractivity contribution is -0.772. The number of carbonyl (C=O) groups is 2. The minimum atomic E-state index is -0.677. The van der Waals surface area contributed by atoms with E-state index < -0.39 is 5.09 Å². The largest absolute Gasteiger partial charge is 0.369 e. The number of fused-ring (bicyclic) bond motifs is 3. The van der Waals surface area contributed by atoms with E-state index in [0.717, 1.165) is 25.7 Å². The van der Waals surface area contributed by atoms with Gasteiger partial charge in [0, 0.05) is 5.92 Å². The first-order valence-corrected chi connectivity index (χ1v) is 8.86. The van der Waals surface area contributed by atoms with Gasteiger partial charge in [-0.25, -0.2) is 0 Å². The molecule has 0 spiro atoms. The van der Waals surface area contributed by atoms with Crippen molar-refractivity contribution in [2.45, 2.75) is 58.5 Å². The highest BCUT2D eigenvalue weighted by Gasteiger charge is 2.58. The van der Waals surface area contributed by atoms with Crippen molar-refractivity contribution >= 4 is 11.7 Å². The summed E-state index contributed by atoms with van der Waals surface area (Å²) in [6.07, 6.45) is 4.35. The van der Waals surface area contributed by atoms with E-state index in [1.54, 1.807) is 6.92 Å². The maximum atomic E-state index is 12.1. The second-order valence-corrected chi connectivity index (χ2v) is 8.10. The van der Waals surface area contributed by atoms with Crippen molar-refractivity contribution in [1.82, 2.24) is 0 Å². The molecule has 0 aliphatic heterocycles. The maximum Gasteiger partial charge on any atom is 0.294 e. The second kappa shape index (κ2) is 6.01. The number of ketones is 1. The van der Waals surface area contributed by atoms with Crippen LogP contribution in [-0.2, 0) is 14.4 Å². The Morgan fingerprint density at radius 2 is 1.88 bits per heavy atom. The number of carbonyl (C=O) groups excluding carboxylic acids is 2. The molecule has 24 heavy (non-hydrogen) atoms. The van der Waals surface area contributed by atoms with Gasteiger partial charge in [0.05, 0.1) is 5.92 Å². The highest BCUT2D eigenvalue weighted by molar-refractivity contribution is 5.87. The van der Waals surface area contributed by atoms with Gasteiger partial charge in [-0.2, -0.15) is 0 Å². The first-order valence-electron chi connectivity index (χ1n) is 8.86. The topological polar surface area (TPSA) is 113 Å². The maximum absolute atomic E-state index is 12.1. The van der Waals surface area contributed by atoms with Crippen LogP contribution in [0.15, 0.2) is 0 Å². The van der Waals surface area contributed by atoms with E-state index in [1.165, 1.54) is 0 Å². The average molecular weight is 338 g/mol. The van der Waals surface area contributed by atoms with Gasteiger partial charge in [0.25, 0.3) is 5.09 Å². The summed E-state index contributed by atoms with van der Waals surface area (Å²) in [4.78, 5) is 39.8. The molecule has 134 valence electrons. The van der Waals surface area contributed by atoms with Crippen molar-refractivity contribution in [3.63, 3.8) is 0 Å². The zero-order valence-electron chi connectivity index (χ0n) is 14.3. The Morgan fingerprint density at radius 3 is 2.46 bits per heavy atom. The minimum Gasteiger partial charge on any atom is -0.369 e. The number of rotatable bonds is 4. The first kappa shape index (κ1) is 17.2. The molecule has 5 unspecified atom stereocenters. The van der Waals surface area contributed by atoms with Crippen molar-refractivity contribution in [2.75, 3.05) is 0 Å². The molecule has 0 aromatic heterocycles. The number of hydrogen-bond acceptors (Lipinski definition) is 5. The molecule has 3 aliphatic carbocycles. The van der Waals surface area contributed by atoms with Crippen LogP contribution in [0, 0.1) is 45.1 Å². The van der Waals surface area contributed by atoms with E-state index in [-0.39, 0.29) is 41.0 Å². The van der Waals surface area contributed by atoms with Crippen LogP contribution in [0.1, 0.15) is 52.4 Å². The van der Waals surface area contributed by atoms with Gasteiger partial charge in [0.15, 0.2) is 0 Å². The molecular weight excluding hydrogens is 312 g/mol. The van der Waals surface area contributed by atoms with E-state index in [4.69, 9.17) is 10.6 Å². The summed E-state index contributed by atoms with van der Waals surface area (Å²) in [5.41, 5.74) is 5.44. The van der Waals surface area contributed by atoms with Crippen LogP contribution < -0.4 is 5.73 Å². The summed E-state index contributed by atoms with van der Waals surface area (Å²) in [5, 5.41) is 10.1. The van der Waals surface area contributed by atoms with E-state index in [9.17, 15) is 19.7 Å². The molecule has 0 saturated heterocycles. The Labute approximate surface area is 141 Å². The van der Waals surface area contributed by atoms with Gasteiger partial charge in [-0.15, -0.1) is 10.1 Å². The Morgan fingerprint density at radius 1 is 1.17 bits per heavy atom. The molecule has 7 nitrogen and oxygen atoms in total. The van der Waals surface area contributed by atoms with Gasteiger partial charge >= 0.3 is 0 Å². The quantitative estimate of drug-likeness (QED) is 0.623. The molecule has 7 heteroatoms. The summed E-state index contributed by atoms with van der Waals surface area (Å²) in [7, 11) is 0. The third-order valence-corrected chi connectivity index (χ3v) is 7.18. The highest BCUT2D eigenvalue weighted by Crippen LogP contribution is 2.61. The Bertz CT molecular complexity index is 565.